The molecule has 1 saturated heterocycles. The summed E-state index contributed by atoms with van der Waals surface area (Å²) in [6.45, 7) is 3.98. The largest absolute Gasteiger partial charge is 0.481 e. The van der Waals surface area contributed by atoms with Crippen LogP contribution in [0.2, 0.25) is 5.02 Å². The molecule has 1 aromatic rings. The van der Waals surface area contributed by atoms with Gasteiger partial charge in [0.25, 0.3) is 0 Å². The van der Waals surface area contributed by atoms with Crippen molar-refractivity contribution in [3.63, 3.8) is 0 Å². The molecule has 0 aliphatic carbocycles. The molecule has 1 aliphatic heterocycles. The molecule has 6 heteroatoms. The number of rotatable bonds is 5. The number of halogens is 1. The fraction of sp³-hybridized carbons (Fsp3) is 0.529. The number of carboxylic acids is 1. The maximum Gasteiger partial charge on any atom is 0.317 e. The van der Waals surface area contributed by atoms with Gasteiger partial charge in [-0.15, -0.1) is 0 Å². The molecular formula is C17H23ClN2O3. The van der Waals surface area contributed by atoms with Crippen LogP contribution < -0.4 is 5.32 Å². The summed E-state index contributed by atoms with van der Waals surface area (Å²) in [5, 5.41) is 12.1. The van der Waals surface area contributed by atoms with Gasteiger partial charge in [-0.25, -0.2) is 4.79 Å². The van der Waals surface area contributed by atoms with E-state index in [9.17, 15) is 9.59 Å². The molecule has 5 nitrogen and oxygen atoms in total. The van der Waals surface area contributed by atoms with E-state index in [1.54, 1.807) is 4.90 Å². The molecular weight excluding hydrogens is 316 g/mol. The lowest BCUT2D eigenvalue weighted by Crippen LogP contribution is -2.48. The van der Waals surface area contributed by atoms with Crippen LogP contribution in [0.4, 0.5) is 4.79 Å². The van der Waals surface area contributed by atoms with Crippen LogP contribution >= 0.6 is 11.6 Å². The van der Waals surface area contributed by atoms with Crippen LogP contribution in [0.15, 0.2) is 24.3 Å². The molecule has 2 amide bonds. The summed E-state index contributed by atoms with van der Waals surface area (Å²) < 4.78 is 0. The molecule has 0 saturated carbocycles. The summed E-state index contributed by atoms with van der Waals surface area (Å²) in [5.74, 6) is -0.838. The van der Waals surface area contributed by atoms with Crippen molar-refractivity contribution in [3.8, 4) is 0 Å². The summed E-state index contributed by atoms with van der Waals surface area (Å²) in [6, 6.07) is 7.82. The topological polar surface area (TPSA) is 69.6 Å². The lowest BCUT2D eigenvalue weighted by atomic mass is 9.74. The highest BCUT2D eigenvalue weighted by molar-refractivity contribution is 6.30. The number of amides is 2. The Morgan fingerprint density at radius 3 is 2.65 bits per heavy atom. The van der Waals surface area contributed by atoms with Crippen LogP contribution in [0, 0.1) is 0 Å². The van der Waals surface area contributed by atoms with Gasteiger partial charge in [-0.3, -0.25) is 4.79 Å². The molecule has 0 atom stereocenters. The minimum Gasteiger partial charge on any atom is -0.481 e. The molecule has 1 aromatic carbocycles. The number of piperidine rings is 1. The Morgan fingerprint density at radius 1 is 1.35 bits per heavy atom. The quantitative estimate of drug-likeness (QED) is 0.809. The number of aliphatic carboxylic acids is 1. The van der Waals surface area contributed by atoms with Crippen LogP contribution in [0.5, 0.6) is 0 Å². The van der Waals surface area contributed by atoms with Crippen molar-refractivity contribution in [2.45, 2.75) is 38.0 Å². The van der Waals surface area contributed by atoms with Crippen LogP contribution in [-0.4, -0.2) is 41.6 Å². The molecule has 0 spiro atoms. The summed E-state index contributed by atoms with van der Waals surface area (Å²) >= 11 is 6.08. The molecule has 0 bridgehead atoms. The highest BCUT2D eigenvalue weighted by atomic mass is 35.5. The molecule has 0 aromatic heterocycles. The first-order chi connectivity index (χ1) is 10.9. The summed E-state index contributed by atoms with van der Waals surface area (Å²) in [6.07, 6.45) is 2.30. The van der Waals surface area contributed by atoms with Crippen LogP contribution in [0.1, 0.15) is 38.2 Å². The number of hydrogen-bond acceptors (Lipinski definition) is 2. The van der Waals surface area contributed by atoms with Gasteiger partial charge in [0.05, 0.1) is 0 Å². The number of nitrogens with zero attached hydrogens (tertiary/aromatic N) is 1. The van der Waals surface area contributed by atoms with Gasteiger partial charge in [0.2, 0.25) is 0 Å². The van der Waals surface area contributed by atoms with Gasteiger partial charge < -0.3 is 15.3 Å². The van der Waals surface area contributed by atoms with Crippen molar-refractivity contribution in [2.75, 3.05) is 19.6 Å². The summed E-state index contributed by atoms with van der Waals surface area (Å²) in [4.78, 5) is 24.3. The summed E-state index contributed by atoms with van der Waals surface area (Å²) in [7, 11) is 0. The third-order valence-electron chi connectivity index (χ3n) is 4.52. The third kappa shape index (κ3) is 4.86. The van der Waals surface area contributed by atoms with E-state index in [1.807, 2.05) is 18.2 Å². The van der Waals surface area contributed by atoms with E-state index in [1.165, 1.54) is 5.56 Å². The Morgan fingerprint density at radius 2 is 2.04 bits per heavy atom. The summed E-state index contributed by atoms with van der Waals surface area (Å²) in [5.41, 5.74) is 1.25. The van der Waals surface area contributed by atoms with Crippen molar-refractivity contribution in [1.29, 1.82) is 0 Å². The van der Waals surface area contributed by atoms with Crippen molar-refractivity contribution in [2.24, 2.45) is 0 Å². The van der Waals surface area contributed by atoms with Crippen LogP contribution in [-0.2, 0) is 10.2 Å². The highest BCUT2D eigenvalue weighted by Gasteiger charge is 2.33. The number of carbonyl (C=O) groups is 2. The van der Waals surface area contributed by atoms with Gasteiger partial charge in [-0.2, -0.15) is 0 Å². The molecule has 1 aliphatic rings. The highest BCUT2D eigenvalue weighted by Crippen LogP contribution is 2.35. The van der Waals surface area contributed by atoms with Gasteiger partial charge >= 0.3 is 12.0 Å². The first-order valence-electron chi connectivity index (χ1n) is 7.91. The zero-order chi connectivity index (χ0) is 16.9. The first-order valence-corrected chi connectivity index (χ1v) is 8.29. The third-order valence-corrected chi connectivity index (χ3v) is 4.75. The Bertz CT molecular complexity index is 569. The molecule has 1 heterocycles. The van der Waals surface area contributed by atoms with E-state index in [0.717, 1.165) is 17.9 Å². The lowest BCUT2D eigenvalue weighted by molar-refractivity contribution is -0.137. The smallest absolute Gasteiger partial charge is 0.317 e. The van der Waals surface area contributed by atoms with E-state index < -0.39 is 5.97 Å². The number of likely N-dealkylation sites (tertiary alicyclic amines) is 1. The minimum absolute atomic E-state index is 0.0327. The molecule has 0 radical (unpaired) electrons. The number of carboxylic acid groups (broad SMARTS) is 1. The van der Waals surface area contributed by atoms with Gasteiger partial charge in [0.1, 0.15) is 0 Å². The predicted octanol–water partition coefficient (Wildman–Crippen LogP) is 3.27. The fourth-order valence-corrected chi connectivity index (χ4v) is 3.09. The maximum atomic E-state index is 12.1. The standard InChI is InChI=1S/C17H23ClN2O3/c1-17(13-4-2-5-14(18)12-13)7-10-20(11-8-17)16(23)19-9-3-6-15(21)22/h2,4-5,12H,3,6-11H2,1H3,(H,19,23)(H,21,22). The second kappa shape index (κ2) is 7.68. The lowest BCUT2D eigenvalue weighted by Gasteiger charge is -2.39. The Balaban J connectivity index is 1.83. The zero-order valence-corrected chi connectivity index (χ0v) is 14.1. The Hall–Kier alpha value is -1.75. The average Bonchev–Trinajstić information content (AvgIpc) is 2.52. The number of hydrogen-bond donors (Lipinski definition) is 2. The minimum atomic E-state index is -0.838. The van der Waals surface area contributed by atoms with E-state index >= 15 is 0 Å². The van der Waals surface area contributed by atoms with Crippen molar-refractivity contribution >= 4 is 23.6 Å². The van der Waals surface area contributed by atoms with Gasteiger partial charge in [-0.1, -0.05) is 30.7 Å². The molecule has 0 unspecified atom stereocenters. The molecule has 126 valence electrons. The van der Waals surface area contributed by atoms with Gasteiger partial charge in [-0.05, 0) is 42.4 Å². The normalized spacial score (nSPS) is 16.9. The number of benzene rings is 1. The molecule has 23 heavy (non-hydrogen) atoms. The van der Waals surface area contributed by atoms with Crippen molar-refractivity contribution < 1.29 is 14.7 Å². The zero-order valence-electron chi connectivity index (χ0n) is 13.3. The van der Waals surface area contributed by atoms with E-state index in [0.29, 0.717) is 26.1 Å². The SMILES string of the molecule is CC1(c2cccc(Cl)c2)CCN(C(=O)NCCCC(=O)O)CC1. The Kier molecular flexibility index (Phi) is 5.88. The average molecular weight is 339 g/mol. The van der Waals surface area contributed by atoms with E-state index in [-0.39, 0.29) is 17.9 Å². The monoisotopic (exact) mass is 338 g/mol. The van der Waals surface area contributed by atoms with Gasteiger partial charge in [0, 0.05) is 31.1 Å². The van der Waals surface area contributed by atoms with E-state index in [4.69, 9.17) is 16.7 Å². The maximum absolute atomic E-state index is 12.1. The Labute approximate surface area is 141 Å². The van der Waals surface area contributed by atoms with Gasteiger partial charge in [0.15, 0.2) is 0 Å². The van der Waals surface area contributed by atoms with Crippen LogP contribution in [0.3, 0.4) is 0 Å². The number of carbonyl (C=O) groups excluding carboxylic acids is 1. The van der Waals surface area contributed by atoms with Crippen molar-refractivity contribution in [3.05, 3.63) is 34.9 Å². The van der Waals surface area contributed by atoms with E-state index in [2.05, 4.69) is 18.3 Å². The first kappa shape index (κ1) is 17.6. The molecule has 1 fully saturated rings. The number of urea groups is 1. The van der Waals surface area contributed by atoms with Crippen LogP contribution in [0.25, 0.3) is 0 Å². The molecule has 2 rings (SSSR count). The number of nitrogens with one attached hydrogen (secondary N) is 1. The predicted molar refractivity (Wildman–Crippen MR) is 89.9 cm³/mol. The second-order valence-corrected chi connectivity index (χ2v) is 6.72. The van der Waals surface area contributed by atoms with Crippen molar-refractivity contribution in [1.82, 2.24) is 10.2 Å². The fourth-order valence-electron chi connectivity index (χ4n) is 2.90. The molecule has 2 N–H and O–H groups in total. The second-order valence-electron chi connectivity index (χ2n) is 6.29.